The summed E-state index contributed by atoms with van der Waals surface area (Å²) >= 11 is 4.89. The largest absolute Gasteiger partial charge is 0.338 e. The van der Waals surface area contributed by atoms with Gasteiger partial charge in [-0.05, 0) is 53.2 Å². The highest BCUT2D eigenvalue weighted by atomic mass is 79.9. The Balaban J connectivity index is 1.98. The van der Waals surface area contributed by atoms with Crippen molar-refractivity contribution >= 4 is 43.2 Å². The van der Waals surface area contributed by atoms with E-state index in [9.17, 15) is 13.2 Å². The minimum atomic E-state index is -3.17. The summed E-state index contributed by atoms with van der Waals surface area (Å²) in [6.45, 7) is 3.71. The van der Waals surface area contributed by atoms with Gasteiger partial charge in [0, 0.05) is 19.6 Å². The van der Waals surface area contributed by atoms with Crippen LogP contribution in [0.1, 0.15) is 28.1 Å². The van der Waals surface area contributed by atoms with Gasteiger partial charge in [-0.25, -0.2) is 13.1 Å². The fourth-order valence-electron chi connectivity index (χ4n) is 2.41. The Labute approximate surface area is 137 Å². The predicted molar refractivity (Wildman–Crippen MR) is 88.2 cm³/mol. The first-order valence-electron chi connectivity index (χ1n) is 6.76. The molecule has 1 aliphatic rings. The molecule has 1 fully saturated rings. The number of likely N-dealkylation sites (tertiary alicyclic amines) is 1. The summed E-state index contributed by atoms with van der Waals surface area (Å²) in [7, 11) is -3.17. The Bertz CT molecular complexity index is 608. The molecule has 0 saturated carbocycles. The maximum atomic E-state index is 12.5. The molecule has 0 bridgehead atoms. The van der Waals surface area contributed by atoms with Crippen LogP contribution in [0.4, 0.5) is 0 Å². The fourth-order valence-corrected chi connectivity index (χ4v) is 4.45. The fraction of sp³-hybridized carbons (Fsp3) is 0.615. The van der Waals surface area contributed by atoms with Crippen molar-refractivity contribution in [1.82, 2.24) is 9.62 Å². The van der Waals surface area contributed by atoms with Gasteiger partial charge in [0.25, 0.3) is 5.91 Å². The molecule has 21 heavy (non-hydrogen) atoms. The van der Waals surface area contributed by atoms with Crippen molar-refractivity contribution in [3.8, 4) is 0 Å². The van der Waals surface area contributed by atoms with Gasteiger partial charge in [-0.15, -0.1) is 11.3 Å². The van der Waals surface area contributed by atoms with E-state index < -0.39 is 10.0 Å². The number of piperidine rings is 1. The number of hydrogen-bond acceptors (Lipinski definition) is 4. The van der Waals surface area contributed by atoms with E-state index in [2.05, 4.69) is 20.7 Å². The molecule has 0 spiro atoms. The molecule has 8 heteroatoms. The normalized spacial score (nSPS) is 19.8. The number of carbonyl (C=O) groups is 1. The van der Waals surface area contributed by atoms with Crippen LogP contribution >= 0.6 is 27.3 Å². The van der Waals surface area contributed by atoms with Crippen LogP contribution in [0.5, 0.6) is 0 Å². The second-order valence-corrected chi connectivity index (χ2v) is 9.65. The van der Waals surface area contributed by atoms with Crippen molar-refractivity contribution < 1.29 is 13.2 Å². The lowest BCUT2D eigenvalue weighted by Gasteiger charge is -2.32. The quantitative estimate of drug-likeness (QED) is 0.850. The van der Waals surface area contributed by atoms with Crippen LogP contribution in [-0.4, -0.2) is 45.1 Å². The maximum absolute atomic E-state index is 12.5. The molecular formula is C13H19BrN2O3S2. The lowest BCUT2D eigenvalue weighted by Crippen LogP contribution is -2.43. The third-order valence-corrected chi connectivity index (χ3v) is 6.32. The van der Waals surface area contributed by atoms with Gasteiger partial charge < -0.3 is 4.90 Å². The van der Waals surface area contributed by atoms with Crippen LogP contribution in [0.3, 0.4) is 0 Å². The van der Waals surface area contributed by atoms with Gasteiger partial charge in [0.05, 0.1) is 14.9 Å². The van der Waals surface area contributed by atoms with Gasteiger partial charge in [0.15, 0.2) is 0 Å². The number of rotatable bonds is 4. The molecule has 0 aromatic carbocycles. The zero-order chi connectivity index (χ0) is 15.6. The van der Waals surface area contributed by atoms with Gasteiger partial charge in [-0.3, -0.25) is 4.79 Å². The lowest BCUT2D eigenvalue weighted by molar-refractivity contribution is 0.0681. The van der Waals surface area contributed by atoms with Crippen LogP contribution in [0.2, 0.25) is 0 Å². The second-order valence-electron chi connectivity index (χ2n) is 5.45. The second kappa shape index (κ2) is 6.76. The van der Waals surface area contributed by atoms with E-state index in [4.69, 9.17) is 0 Å². The average molecular weight is 395 g/mol. The van der Waals surface area contributed by atoms with Gasteiger partial charge in [0.2, 0.25) is 10.0 Å². The number of sulfonamides is 1. The minimum Gasteiger partial charge on any atom is -0.338 e. The first-order valence-corrected chi connectivity index (χ1v) is 10.3. The Morgan fingerprint density at radius 2 is 2.29 bits per heavy atom. The van der Waals surface area contributed by atoms with E-state index >= 15 is 0 Å². The van der Waals surface area contributed by atoms with E-state index in [0.29, 0.717) is 13.1 Å². The maximum Gasteiger partial charge on any atom is 0.263 e. The molecule has 1 saturated heterocycles. The molecule has 1 unspecified atom stereocenters. The summed E-state index contributed by atoms with van der Waals surface area (Å²) < 4.78 is 25.8. The number of amides is 1. The van der Waals surface area contributed by atoms with Crippen LogP contribution in [0.15, 0.2) is 9.85 Å². The van der Waals surface area contributed by atoms with E-state index in [1.54, 1.807) is 0 Å². The monoisotopic (exact) mass is 394 g/mol. The zero-order valence-corrected chi connectivity index (χ0v) is 15.3. The number of hydrogen-bond donors (Lipinski definition) is 1. The van der Waals surface area contributed by atoms with Crippen LogP contribution < -0.4 is 4.72 Å². The van der Waals surface area contributed by atoms with E-state index in [0.717, 1.165) is 39.9 Å². The van der Waals surface area contributed by atoms with Gasteiger partial charge >= 0.3 is 0 Å². The molecule has 2 heterocycles. The Kier molecular flexibility index (Phi) is 5.45. The number of nitrogens with zero attached hydrogens (tertiary/aromatic N) is 1. The van der Waals surface area contributed by atoms with Crippen LogP contribution in [0.25, 0.3) is 0 Å². The Morgan fingerprint density at radius 1 is 1.57 bits per heavy atom. The number of thiophene rings is 1. The molecule has 0 radical (unpaired) electrons. The lowest BCUT2D eigenvalue weighted by atomic mass is 9.98. The molecule has 1 aromatic rings. The third kappa shape index (κ3) is 4.77. The molecular weight excluding hydrogens is 376 g/mol. The molecule has 2 rings (SSSR count). The summed E-state index contributed by atoms with van der Waals surface area (Å²) in [5.41, 5.74) is 1.07. The van der Waals surface area contributed by atoms with Crippen molar-refractivity contribution in [3.63, 3.8) is 0 Å². The average Bonchev–Trinajstić information content (AvgIpc) is 2.75. The van der Waals surface area contributed by atoms with Crippen LogP contribution in [0, 0.1) is 12.8 Å². The standard InChI is InChI=1S/C13H19BrN2O3S2/c1-9-6-11(20-12(9)14)13(17)16-5-3-4-10(8-16)7-15-21(2,18)19/h6,10,15H,3-5,7-8H2,1-2H3. The van der Waals surface area contributed by atoms with Crippen molar-refractivity contribution in [2.45, 2.75) is 19.8 Å². The summed E-state index contributed by atoms with van der Waals surface area (Å²) in [6.07, 6.45) is 3.01. The number of aryl methyl sites for hydroxylation is 1. The van der Waals surface area contributed by atoms with Crippen molar-refractivity contribution in [2.75, 3.05) is 25.9 Å². The smallest absolute Gasteiger partial charge is 0.263 e. The van der Waals surface area contributed by atoms with E-state index in [1.165, 1.54) is 11.3 Å². The summed E-state index contributed by atoms with van der Waals surface area (Å²) in [6, 6.07) is 1.90. The number of nitrogens with one attached hydrogen (secondary N) is 1. The van der Waals surface area contributed by atoms with E-state index in [-0.39, 0.29) is 11.8 Å². The van der Waals surface area contributed by atoms with E-state index in [1.807, 2.05) is 17.9 Å². The molecule has 5 nitrogen and oxygen atoms in total. The molecule has 1 N–H and O–H groups in total. The molecule has 1 aliphatic heterocycles. The van der Waals surface area contributed by atoms with Crippen molar-refractivity contribution in [1.29, 1.82) is 0 Å². The predicted octanol–water partition coefficient (Wildman–Crippen LogP) is 2.22. The molecule has 118 valence electrons. The molecule has 1 atom stereocenters. The number of carbonyl (C=O) groups excluding carboxylic acids is 1. The molecule has 0 aliphatic carbocycles. The van der Waals surface area contributed by atoms with Crippen molar-refractivity contribution in [3.05, 3.63) is 20.3 Å². The van der Waals surface area contributed by atoms with Crippen molar-refractivity contribution in [2.24, 2.45) is 5.92 Å². The Morgan fingerprint density at radius 3 is 2.86 bits per heavy atom. The topological polar surface area (TPSA) is 66.5 Å². The summed E-state index contributed by atoms with van der Waals surface area (Å²) in [5.74, 6) is 0.222. The highest BCUT2D eigenvalue weighted by Gasteiger charge is 2.26. The first-order chi connectivity index (χ1) is 9.76. The van der Waals surface area contributed by atoms with Gasteiger partial charge in [-0.1, -0.05) is 0 Å². The minimum absolute atomic E-state index is 0.0397. The zero-order valence-electron chi connectivity index (χ0n) is 12.1. The highest BCUT2D eigenvalue weighted by Crippen LogP contribution is 2.29. The summed E-state index contributed by atoms with van der Waals surface area (Å²) in [5, 5.41) is 0. The molecule has 1 aromatic heterocycles. The summed E-state index contributed by atoms with van der Waals surface area (Å²) in [4.78, 5) is 15.1. The van der Waals surface area contributed by atoms with Gasteiger partial charge in [0.1, 0.15) is 0 Å². The Hall–Kier alpha value is -0.440. The third-order valence-electron chi connectivity index (χ3n) is 3.51. The van der Waals surface area contributed by atoms with Gasteiger partial charge in [-0.2, -0.15) is 0 Å². The highest BCUT2D eigenvalue weighted by molar-refractivity contribution is 9.11. The molecule has 1 amide bonds. The SMILES string of the molecule is Cc1cc(C(=O)N2CCCC(CNS(C)(=O)=O)C2)sc1Br. The number of halogens is 1. The van der Waals surface area contributed by atoms with Crippen LogP contribution in [-0.2, 0) is 10.0 Å². The first kappa shape index (κ1) is 16.9.